The van der Waals surface area contributed by atoms with Crippen LogP contribution in [0.3, 0.4) is 0 Å². The van der Waals surface area contributed by atoms with Gasteiger partial charge in [-0.05, 0) is 27.7 Å². The van der Waals surface area contributed by atoms with E-state index in [1.165, 1.54) is 5.56 Å². The van der Waals surface area contributed by atoms with E-state index in [1.807, 2.05) is 18.2 Å². The van der Waals surface area contributed by atoms with Crippen LogP contribution >= 0.6 is 0 Å². The van der Waals surface area contributed by atoms with Crippen molar-refractivity contribution < 1.29 is 19.4 Å². The Kier molecular flexibility index (Phi) is 6.71. The molecular formula is C14H20O4. The molecule has 0 radical (unpaired) electrons. The highest BCUT2D eigenvalue weighted by molar-refractivity contribution is 5.90. The Labute approximate surface area is 108 Å². The van der Waals surface area contributed by atoms with Gasteiger partial charge < -0.3 is 9.84 Å². The largest absolute Gasteiger partial charge is 0.481 e. The summed E-state index contributed by atoms with van der Waals surface area (Å²) >= 11 is 0. The zero-order valence-corrected chi connectivity index (χ0v) is 11.3. The highest BCUT2D eigenvalue weighted by Gasteiger charge is 2.17. The van der Waals surface area contributed by atoms with Crippen molar-refractivity contribution in [2.45, 2.75) is 39.7 Å². The van der Waals surface area contributed by atoms with Gasteiger partial charge in [0, 0.05) is 0 Å². The number of carbonyl (C=O) groups excluding carboxylic acids is 1. The van der Waals surface area contributed by atoms with Crippen molar-refractivity contribution >= 4 is 11.9 Å². The lowest BCUT2D eigenvalue weighted by Gasteiger charge is -2.18. The Balaban J connectivity index is 0.000000351. The molecule has 0 heterocycles. The first kappa shape index (κ1) is 16.2. The fraction of sp³-hybridized carbons (Fsp3) is 0.429. The van der Waals surface area contributed by atoms with E-state index in [-0.39, 0.29) is 0 Å². The number of ether oxygens (including phenoxy) is 1. The van der Waals surface area contributed by atoms with E-state index >= 15 is 0 Å². The van der Waals surface area contributed by atoms with Gasteiger partial charge in [-0.25, -0.2) is 0 Å². The van der Waals surface area contributed by atoms with Crippen molar-refractivity contribution in [3.8, 4) is 0 Å². The van der Waals surface area contributed by atoms with E-state index in [0.717, 1.165) is 0 Å². The summed E-state index contributed by atoms with van der Waals surface area (Å²) in [5.41, 5.74) is 0.717. The number of benzene rings is 1. The van der Waals surface area contributed by atoms with Crippen LogP contribution in [0.25, 0.3) is 0 Å². The lowest BCUT2D eigenvalue weighted by molar-refractivity contribution is -0.159. The van der Waals surface area contributed by atoms with E-state index in [2.05, 4.69) is 19.1 Å². The summed E-state index contributed by atoms with van der Waals surface area (Å²) in [6.45, 7) is 7.15. The Morgan fingerprint density at radius 3 is 1.94 bits per heavy atom. The average molecular weight is 252 g/mol. The van der Waals surface area contributed by atoms with Gasteiger partial charge in [0.05, 0.1) is 0 Å². The maximum absolute atomic E-state index is 10.7. The molecule has 1 rings (SSSR count). The number of hydrogen-bond acceptors (Lipinski definition) is 3. The topological polar surface area (TPSA) is 63.6 Å². The third-order valence-corrected chi connectivity index (χ3v) is 1.66. The van der Waals surface area contributed by atoms with Crippen LogP contribution in [-0.4, -0.2) is 22.6 Å². The zero-order chi connectivity index (χ0) is 14.2. The number of aryl methyl sites for hydroxylation is 1. The highest BCUT2D eigenvalue weighted by Crippen LogP contribution is 2.07. The van der Waals surface area contributed by atoms with Crippen molar-refractivity contribution in [3.63, 3.8) is 0 Å². The van der Waals surface area contributed by atoms with Gasteiger partial charge in [0.15, 0.2) is 0 Å². The first-order valence-corrected chi connectivity index (χ1v) is 5.66. The molecule has 0 amide bonds. The number of hydrogen-bond donors (Lipinski definition) is 1. The van der Waals surface area contributed by atoms with Crippen LogP contribution in [0, 0.1) is 6.92 Å². The molecule has 0 aromatic heterocycles. The van der Waals surface area contributed by atoms with Crippen molar-refractivity contribution in [1.29, 1.82) is 0 Å². The summed E-state index contributed by atoms with van der Waals surface area (Å²) < 4.78 is 4.73. The number of carboxylic acids is 1. The molecule has 0 saturated heterocycles. The quantitative estimate of drug-likeness (QED) is 0.649. The fourth-order valence-corrected chi connectivity index (χ4v) is 1.04. The van der Waals surface area contributed by atoms with Gasteiger partial charge in [-0.2, -0.15) is 0 Å². The third kappa shape index (κ3) is 10.7. The van der Waals surface area contributed by atoms with Gasteiger partial charge in [0.2, 0.25) is 0 Å². The minimum atomic E-state index is -1.17. The zero-order valence-electron chi connectivity index (χ0n) is 11.3. The summed E-state index contributed by atoms with van der Waals surface area (Å²) in [6, 6.07) is 10.3. The SMILES string of the molecule is CC(C)(C)OC(=O)CC(=O)O.Cc1ccccc1. The molecule has 18 heavy (non-hydrogen) atoms. The summed E-state index contributed by atoms with van der Waals surface area (Å²) in [5, 5.41) is 8.18. The van der Waals surface area contributed by atoms with Crippen LogP contribution in [0.2, 0.25) is 0 Å². The Bertz CT molecular complexity index is 377. The lowest BCUT2D eigenvalue weighted by Crippen LogP contribution is -2.25. The summed E-state index contributed by atoms with van der Waals surface area (Å²) in [7, 11) is 0. The Hall–Kier alpha value is -1.84. The molecule has 0 saturated carbocycles. The Morgan fingerprint density at radius 2 is 1.67 bits per heavy atom. The van der Waals surface area contributed by atoms with Crippen LogP contribution in [0.15, 0.2) is 30.3 Å². The second-order valence-corrected chi connectivity index (χ2v) is 4.81. The van der Waals surface area contributed by atoms with E-state index in [9.17, 15) is 9.59 Å². The van der Waals surface area contributed by atoms with E-state index in [1.54, 1.807) is 20.8 Å². The predicted molar refractivity (Wildman–Crippen MR) is 69.3 cm³/mol. The monoisotopic (exact) mass is 252 g/mol. The second kappa shape index (κ2) is 7.48. The van der Waals surface area contributed by atoms with E-state index in [4.69, 9.17) is 9.84 Å². The number of rotatable bonds is 2. The van der Waals surface area contributed by atoms with E-state index < -0.39 is 24.0 Å². The smallest absolute Gasteiger partial charge is 0.317 e. The normalized spacial score (nSPS) is 10.0. The number of aliphatic carboxylic acids is 1. The number of esters is 1. The highest BCUT2D eigenvalue weighted by atomic mass is 16.6. The van der Waals surface area contributed by atoms with E-state index in [0.29, 0.717) is 0 Å². The van der Waals surface area contributed by atoms with Gasteiger partial charge >= 0.3 is 11.9 Å². The molecule has 0 atom stereocenters. The van der Waals surface area contributed by atoms with Crippen LogP contribution < -0.4 is 0 Å². The Morgan fingerprint density at radius 1 is 1.17 bits per heavy atom. The molecule has 1 N–H and O–H groups in total. The molecule has 0 aliphatic heterocycles. The molecule has 1 aromatic rings. The minimum absolute atomic E-state index is 0.572. The van der Waals surface area contributed by atoms with Crippen molar-refractivity contribution in [2.24, 2.45) is 0 Å². The van der Waals surface area contributed by atoms with Gasteiger partial charge in [0.1, 0.15) is 12.0 Å². The van der Waals surface area contributed by atoms with Crippen molar-refractivity contribution in [1.82, 2.24) is 0 Å². The maximum Gasteiger partial charge on any atom is 0.317 e. The van der Waals surface area contributed by atoms with Crippen molar-refractivity contribution in [2.75, 3.05) is 0 Å². The molecule has 0 aliphatic carbocycles. The van der Waals surface area contributed by atoms with Gasteiger partial charge in [-0.1, -0.05) is 35.9 Å². The molecule has 0 fully saturated rings. The minimum Gasteiger partial charge on any atom is -0.481 e. The molecule has 0 aliphatic rings. The number of carbonyl (C=O) groups is 2. The van der Waals surface area contributed by atoms with Crippen LogP contribution in [-0.2, 0) is 14.3 Å². The van der Waals surface area contributed by atoms with Crippen LogP contribution in [0.1, 0.15) is 32.8 Å². The standard InChI is InChI=1S/C7H12O4.C7H8/c1-7(2,3)11-6(10)4-5(8)9;1-7-5-3-2-4-6-7/h4H2,1-3H3,(H,8,9);2-6H,1H3. The van der Waals surface area contributed by atoms with Gasteiger partial charge in [-0.15, -0.1) is 0 Å². The third-order valence-electron chi connectivity index (χ3n) is 1.66. The lowest BCUT2D eigenvalue weighted by atomic mass is 10.2. The molecular weight excluding hydrogens is 232 g/mol. The predicted octanol–water partition coefficient (Wildman–Crippen LogP) is 2.80. The molecule has 0 bridgehead atoms. The van der Waals surface area contributed by atoms with Crippen molar-refractivity contribution in [3.05, 3.63) is 35.9 Å². The summed E-state index contributed by atoms with van der Waals surface area (Å²) in [5.74, 6) is -1.87. The molecule has 100 valence electrons. The molecule has 4 heteroatoms. The molecule has 4 nitrogen and oxygen atoms in total. The molecule has 0 spiro atoms. The summed E-state index contributed by atoms with van der Waals surface area (Å²) in [4.78, 5) is 20.7. The van der Waals surface area contributed by atoms with Crippen LogP contribution in [0.4, 0.5) is 0 Å². The fourth-order valence-electron chi connectivity index (χ4n) is 1.04. The van der Waals surface area contributed by atoms with Gasteiger partial charge in [-0.3, -0.25) is 9.59 Å². The second-order valence-electron chi connectivity index (χ2n) is 4.81. The first-order chi connectivity index (χ1) is 8.20. The maximum atomic E-state index is 10.7. The molecule has 1 aromatic carbocycles. The van der Waals surface area contributed by atoms with Crippen LogP contribution in [0.5, 0.6) is 0 Å². The summed E-state index contributed by atoms with van der Waals surface area (Å²) in [6.07, 6.45) is -0.572. The molecule has 0 unspecified atom stereocenters. The number of carboxylic acid groups (broad SMARTS) is 1. The first-order valence-electron chi connectivity index (χ1n) is 5.66. The average Bonchev–Trinajstić information content (AvgIpc) is 2.14. The van der Waals surface area contributed by atoms with Gasteiger partial charge in [0.25, 0.3) is 0 Å².